The zero-order valence-electron chi connectivity index (χ0n) is 17.6. The molecule has 1 fully saturated rings. The summed E-state index contributed by atoms with van der Waals surface area (Å²) < 4.78 is 55.0. The van der Waals surface area contributed by atoms with Gasteiger partial charge in [-0.25, -0.2) is 8.42 Å². The summed E-state index contributed by atoms with van der Waals surface area (Å²) in [6, 6.07) is 6.63. The van der Waals surface area contributed by atoms with Crippen molar-refractivity contribution in [3.63, 3.8) is 0 Å². The van der Waals surface area contributed by atoms with E-state index in [1.165, 1.54) is 11.2 Å². The Labute approximate surface area is 173 Å². The maximum Gasteiger partial charge on any atom is 0.283 e. The minimum atomic E-state index is -3.99. The number of aryl methyl sites for hydroxylation is 1. The first-order valence-corrected chi connectivity index (χ1v) is 12.8. The van der Waals surface area contributed by atoms with Gasteiger partial charge in [0.05, 0.1) is 16.3 Å². The van der Waals surface area contributed by atoms with Gasteiger partial charge >= 0.3 is 0 Å². The summed E-state index contributed by atoms with van der Waals surface area (Å²) in [5, 5.41) is 4.11. The lowest BCUT2D eigenvalue weighted by Crippen LogP contribution is -2.38. The van der Waals surface area contributed by atoms with Crippen LogP contribution in [0.3, 0.4) is 0 Å². The highest BCUT2D eigenvalue weighted by atomic mass is 32.2. The molecule has 1 aromatic heterocycles. The Bertz CT molecular complexity index is 1090. The Morgan fingerprint density at radius 3 is 2.03 bits per heavy atom. The number of piperidine rings is 1. The van der Waals surface area contributed by atoms with E-state index in [0.29, 0.717) is 19.0 Å². The van der Waals surface area contributed by atoms with E-state index in [1.54, 1.807) is 31.2 Å². The van der Waals surface area contributed by atoms with Crippen molar-refractivity contribution in [1.82, 2.24) is 13.5 Å². The van der Waals surface area contributed by atoms with E-state index < -0.39 is 20.0 Å². The fourth-order valence-corrected chi connectivity index (χ4v) is 6.93. The van der Waals surface area contributed by atoms with E-state index in [4.69, 9.17) is 0 Å². The number of sulfonamides is 1. The van der Waals surface area contributed by atoms with Crippen LogP contribution in [0.25, 0.3) is 0 Å². The Morgan fingerprint density at radius 1 is 0.966 bits per heavy atom. The molecule has 2 heterocycles. The zero-order chi connectivity index (χ0) is 21.6. The summed E-state index contributed by atoms with van der Waals surface area (Å²) in [7, 11) is -7.79. The van der Waals surface area contributed by atoms with Gasteiger partial charge in [-0.3, -0.25) is 0 Å². The highest BCUT2D eigenvalue weighted by Crippen LogP contribution is 2.29. The molecule has 0 radical (unpaired) electrons. The number of hydrogen-bond acceptors (Lipinski definition) is 5. The van der Waals surface area contributed by atoms with Crippen molar-refractivity contribution in [1.29, 1.82) is 0 Å². The average molecular weight is 440 g/mol. The summed E-state index contributed by atoms with van der Waals surface area (Å²) in [6.45, 7) is 10.1. The topological polar surface area (TPSA) is 89.3 Å². The van der Waals surface area contributed by atoms with Crippen LogP contribution in [-0.4, -0.2) is 43.4 Å². The van der Waals surface area contributed by atoms with Gasteiger partial charge in [-0.1, -0.05) is 32.9 Å². The monoisotopic (exact) mass is 439 g/mol. The third kappa shape index (κ3) is 4.00. The van der Waals surface area contributed by atoms with Crippen LogP contribution < -0.4 is 0 Å². The molecule has 1 saturated heterocycles. The number of benzene rings is 1. The SMILES string of the molecule is Cc1nn(S(=O)(=O)c2ccc(C(C)C)cc2)c(C)c1S(=O)(=O)N1CCC(C)CC1. The van der Waals surface area contributed by atoms with Gasteiger partial charge in [0.25, 0.3) is 10.0 Å². The molecule has 0 amide bonds. The van der Waals surface area contributed by atoms with Gasteiger partial charge in [-0.05, 0) is 56.2 Å². The summed E-state index contributed by atoms with van der Waals surface area (Å²) in [6.07, 6.45) is 1.60. The van der Waals surface area contributed by atoms with Crippen molar-refractivity contribution in [2.75, 3.05) is 13.1 Å². The van der Waals surface area contributed by atoms with Crippen molar-refractivity contribution in [3.05, 3.63) is 41.2 Å². The minimum Gasteiger partial charge on any atom is -0.207 e. The second-order valence-electron chi connectivity index (χ2n) is 8.16. The molecule has 7 nitrogen and oxygen atoms in total. The van der Waals surface area contributed by atoms with Gasteiger partial charge in [-0.2, -0.15) is 21.9 Å². The third-order valence-electron chi connectivity index (χ3n) is 5.60. The highest BCUT2D eigenvalue weighted by molar-refractivity contribution is 7.90. The number of nitrogens with zero attached hydrogens (tertiary/aromatic N) is 3. The molecule has 2 aromatic rings. The fourth-order valence-electron chi connectivity index (χ4n) is 3.69. The van der Waals surface area contributed by atoms with Crippen molar-refractivity contribution in [2.24, 2.45) is 5.92 Å². The fraction of sp³-hybridized carbons (Fsp3) is 0.550. The van der Waals surface area contributed by atoms with Gasteiger partial charge in [0.2, 0.25) is 10.0 Å². The molecule has 0 spiro atoms. The van der Waals surface area contributed by atoms with Crippen molar-refractivity contribution in [2.45, 2.75) is 63.2 Å². The molecule has 1 aliphatic heterocycles. The van der Waals surface area contributed by atoms with Crippen LogP contribution in [0.5, 0.6) is 0 Å². The molecule has 0 atom stereocenters. The normalized spacial score (nSPS) is 17.2. The highest BCUT2D eigenvalue weighted by Gasteiger charge is 2.35. The molecule has 29 heavy (non-hydrogen) atoms. The van der Waals surface area contributed by atoms with Gasteiger partial charge in [-0.15, -0.1) is 0 Å². The molecule has 160 valence electrons. The third-order valence-corrected chi connectivity index (χ3v) is 9.43. The smallest absolute Gasteiger partial charge is 0.207 e. The molecule has 1 aliphatic rings. The second kappa shape index (κ2) is 7.85. The van der Waals surface area contributed by atoms with Crippen LogP contribution in [0.1, 0.15) is 56.5 Å². The maximum absolute atomic E-state index is 13.2. The number of rotatable bonds is 5. The molecule has 3 rings (SSSR count). The summed E-state index contributed by atoms with van der Waals surface area (Å²) in [5.41, 5.74) is 1.34. The first-order chi connectivity index (χ1) is 13.5. The van der Waals surface area contributed by atoms with Crippen LogP contribution in [0.15, 0.2) is 34.1 Å². The lowest BCUT2D eigenvalue weighted by molar-refractivity contribution is 0.288. The standard InChI is InChI=1S/C20H29N3O4S2/c1-14(2)18-6-8-19(9-7-18)28(24,25)23-17(5)20(16(4)21-23)29(26,27)22-12-10-15(3)11-13-22/h6-9,14-15H,10-13H2,1-5H3. The van der Waals surface area contributed by atoms with Crippen LogP contribution >= 0.6 is 0 Å². The predicted molar refractivity (Wildman–Crippen MR) is 112 cm³/mol. The van der Waals surface area contributed by atoms with Gasteiger partial charge < -0.3 is 0 Å². The Morgan fingerprint density at radius 2 is 1.52 bits per heavy atom. The van der Waals surface area contributed by atoms with Crippen molar-refractivity contribution < 1.29 is 16.8 Å². The molecule has 0 unspecified atom stereocenters. The minimum absolute atomic E-state index is 0.00516. The quantitative estimate of drug-likeness (QED) is 0.713. The first kappa shape index (κ1) is 22.0. The predicted octanol–water partition coefficient (Wildman–Crippen LogP) is 3.28. The average Bonchev–Trinajstić information content (AvgIpc) is 2.97. The van der Waals surface area contributed by atoms with Gasteiger partial charge in [0, 0.05) is 13.1 Å². The largest absolute Gasteiger partial charge is 0.283 e. The van der Waals surface area contributed by atoms with Crippen molar-refractivity contribution >= 4 is 20.0 Å². The number of hydrogen-bond donors (Lipinski definition) is 0. The van der Waals surface area contributed by atoms with E-state index in [9.17, 15) is 16.8 Å². The van der Waals surface area contributed by atoms with Crippen molar-refractivity contribution in [3.8, 4) is 0 Å². The molecule has 9 heteroatoms. The van der Waals surface area contributed by atoms with Crippen LogP contribution in [0, 0.1) is 19.8 Å². The Kier molecular flexibility index (Phi) is 5.95. The van der Waals surface area contributed by atoms with Gasteiger partial charge in [0.1, 0.15) is 4.90 Å². The molecular weight excluding hydrogens is 410 g/mol. The van der Waals surface area contributed by atoms with E-state index in [-0.39, 0.29) is 27.1 Å². The molecule has 0 bridgehead atoms. The zero-order valence-corrected chi connectivity index (χ0v) is 19.2. The Balaban J connectivity index is 2.02. The molecule has 0 N–H and O–H groups in total. The first-order valence-electron chi connectivity index (χ1n) is 9.88. The van der Waals surface area contributed by atoms with E-state index in [0.717, 1.165) is 22.5 Å². The van der Waals surface area contributed by atoms with E-state index >= 15 is 0 Å². The van der Waals surface area contributed by atoms with Crippen LogP contribution in [0.2, 0.25) is 0 Å². The molecule has 0 aliphatic carbocycles. The maximum atomic E-state index is 13.2. The van der Waals surface area contributed by atoms with Gasteiger partial charge in [0.15, 0.2) is 0 Å². The summed E-state index contributed by atoms with van der Waals surface area (Å²) in [4.78, 5) is 0.0812. The Hall–Kier alpha value is -1.71. The molecular formula is C20H29N3O4S2. The van der Waals surface area contributed by atoms with E-state index in [1.807, 2.05) is 13.8 Å². The second-order valence-corrected chi connectivity index (χ2v) is 11.8. The van der Waals surface area contributed by atoms with Crippen LogP contribution in [0.4, 0.5) is 0 Å². The van der Waals surface area contributed by atoms with Crippen LogP contribution in [-0.2, 0) is 20.0 Å². The lowest BCUT2D eigenvalue weighted by Gasteiger charge is -2.29. The lowest BCUT2D eigenvalue weighted by atomic mass is 10.0. The summed E-state index contributed by atoms with van der Waals surface area (Å²) in [5.74, 6) is 0.769. The van der Waals surface area contributed by atoms with E-state index in [2.05, 4.69) is 12.0 Å². The summed E-state index contributed by atoms with van der Waals surface area (Å²) >= 11 is 0. The molecule has 0 saturated carbocycles. The number of aromatic nitrogens is 2. The molecule has 1 aromatic carbocycles.